The van der Waals surface area contributed by atoms with Crippen LogP contribution in [0.15, 0.2) is 53.7 Å². The van der Waals surface area contributed by atoms with Crippen molar-refractivity contribution in [1.82, 2.24) is 9.97 Å². The lowest BCUT2D eigenvalue weighted by atomic mass is 10.1. The fourth-order valence-electron chi connectivity index (χ4n) is 2.45. The molecule has 0 radical (unpaired) electrons. The third-order valence-corrected chi connectivity index (χ3v) is 4.58. The minimum atomic E-state index is 0.0220. The van der Waals surface area contributed by atoms with Gasteiger partial charge in [-0.05, 0) is 23.8 Å². The second kappa shape index (κ2) is 6.25. The minimum absolute atomic E-state index is 0.0220. The van der Waals surface area contributed by atoms with Gasteiger partial charge in [-0.25, -0.2) is 9.98 Å². The Kier molecular flexibility index (Phi) is 3.80. The van der Waals surface area contributed by atoms with Crippen LogP contribution in [0.5, 0.6) is 5.88 Å². The highest BCUT2D eigenvalue weighted by Gasteiger charge is 2.15. The van der Waals surface area contributed by atoms with E-state index in [4.69, 9.17) is 0 Å². The van der Waals surface area contributed by atoms with E-state index in [0.29, 0.717) is 22.4 Å². The number of hydrogen-bond donors (Lipinski definition) is 2. The molecule has 0 unspecified atom stereocenters. The zero-order valence-corrected chi connectivity index (χ0v) is 13.5. The second-order valence-electron chi connectivity index (χ2n) is 5.28. The van der Waals surface area contributed by atoms with Gasteiger partial charge in [0.15, 0.2) is 10.9 Å². The Balaban J connectivity index is 1.54. The van der Waals surface area contributed by atoms with Crippen molar-refractivity contribution in [2.45, 2.75) is 6.54 Å². The number of benzene rings is 1. The maximum absolute atomic E-state index is 10.1. The number of aromatic nitrogens is 2. The van der Waals surface area contributed by atoms with E-state index < -0.39 is 0 Å². The van der Waals surface area contributed by atoms with Gasteiger partial charge in [0.25, 0.3) is 0 Å². The van der Waals surface area contributed by atoms with Crippen LogP contribution in [-0.4, -0.2) is 21.3 Å². The third kappa shape index (κ3) is 2.91. The lowest BCUT2D eigenvalue weighted by molar-refractivity contribution is 0.456. The van der Waals surface area contributed by atoms with Crippen LogP contribution in [-0.2, 0) is 6.54 Å². The molecule has 24 heavy (non-hydrogen) atoms. The van der Waals surface area contributed by atoms with Gasteiger partial charge in [-0.15, -0.1) is 0 Å². The second-order valence-corrected chi connectivity index (χ2v) is 6.31. The molecule has 5 nitrogen and oxygen atoms in total. The molecule has 3 heterocycles. The number of hydrogen-bond acceptors (Lipinski definition) is 6. The molecule has 0 fully saturated rings. The van der Waals surface area contributed by atoms with Gasteiger partial charge in [0.2, 0.25) is 5.88 Å². The van der Waals surface area contributed by atoms with Gasteiger partial charge in [-0.1, -0.05) is 41.7 Å². The highest BCUT2D eigenvalue weighted by molar-refractivity contribution is 7.16. The summed E-state index contributed by atoms with van der Waals surface area (Å²) in [4.78, 5) is 13.4. The Labute approximate surface area is 143 Å². The normalized spacial score (nSPS) is 14.1. The van der Waals surface area contributed by atoms with E-state index >= 15 is 0 Å². The van der Waals surface area contributed by atoms with E-state index in [1.165, 1.54) is 11.3 Å². The molecule has 0 saturated carbocycles. The van der Waals surface area contributed by atoms with E-state index in [9.17, 15) is 5.11 Å². The summed E-state index contributed by atoms with van der Waals surface area (Å²) in [6.45, 7) is 0.665. The van der Waals surface area contributed by atoms with Crippen LogP contribution in [0.4, 0.5) is 10.9 Å². The van der Waals surface area contributed by atoms with Crippen LogP contribution in [0.25, 0.3) is 11.6 Å². The molecule has 0 atom stereocenters. The fraction of sp³-hybridized carbons (Fsp3) is 0.0556. The SMILES string of the molecule is Oc1nc(NCc2ccccc2)sc1/C=C1\C=Nc2ncccc21. The molecule has 0 bridgehead atoms. The summed E-state index contributed by atoms with van der Waals surface area (Å²) in [5.41, 5.74) is 3.05. The summed E-state index contributed by atoms with van der Waals surface area (Å²) in [5, 5.41) is 14.0. The molecule has 1 aromatic carbocycles. The Morgan fingerprint density at radius 1 is 1.12 bits per heavy atom. The highest BCUT2D eigenvalue weighted by atomic mass is 32.1. The van der Waals surface area contributed by atoms with Crippen molar-refractivity contribution in [2.24, 2.45) is 4.99 Å². The summed E-state index contributed by atoms with van der Waals surface area (Å²) in [6.07, 6.45) is 5.36. The summed E-state index contributed by atoms with van der Waals surface area (Å²) in [7, 11) is 0. The molecule has 6 heteroatoms. The maximum atomic E-state index is 10.1. The van der Waals surface area contributed by atoms with Crippen molar-refractivity contribution in [2.75, 3.05) is 5.32 Å². The summed E-state index contributed by atoms with van der Waals surface area (Å²) < 4.78 is 0. The lowest BCUT2D eigenvalue weighted by Crippen LogP contribution is -1.97. The van der Waals surface area contributed by atoms with Gasteiger partial charge in [0.1, 0.15) is 0 Å². The maximum Gasteiger partial charge on any atom is 0.231 e. The number of aromatic hydroxyl groups is 1. The first kappa shape index (κ1) is 14.6. The van der Waals surface area contributed by atoms with E-state index in [2.05, 4.69) is 20.3 Å². The fourth-order valence-corrected chi connectivity index (χ4v) is 3.26. The van der Waals surface area contributed by atoms with Crippen molar-refractivity contribution in [3.63, 3.8) is 0 Å². The summed E-state index contributed by atoms with van der Waals surface area (Å²) in [6, 6.07) is 13.9. The molecule has 0 spiro atoms. The average Bonchev–Trinajstić information content (AvgIpc) is 3.18. The number of rotatable bonds is 4. The topological polar surface area (TPSA) is 70.4 Å². The largest absolute Gasteiger partial charge is 0.492 e. The van der Waals surface area contributed by atoms with Crippen LogP contribution in [0.1, 0.15) is 16.0 Å². The predicted molar refractivity (Wildman–Crippen MR) is 97.8 cm³/mol. The van der Waals surface area contributed by atoms with Crippen molar-refractivity contribution >= 4 is 40.1 Å². The number of allylic oxidation sites excluding steroid dienone is 1. The first-order valence-electron chi connectivity index (χ1n) is 7.48. The van der Waals surface area contributed by atoms with Gasteiger partial charge in [0.05, 0.1) is 4.88 Å². The van der Waals surface area contributed by atoms with E-state index in [1.807, 2.05) is 48.5 Å². The highest BCUT2D eigenvalue weighted by Crippen LogP contribution is 2.35. The standard InChI is InChI=1S/C18H14N4OS/c23-17-15(9-13-11-20-16-14(13)7-4-8-19-16)24-18(22-17)21-10-12-5-2-1-3-6-12/h1-9,11,23H,10H2,(H,21,22)/b13-9+. The molecular weight excluding hydrogens is 320 g/mol. The zero-order chi connectivity index (χ0) is 16.4. The number of anilines is 1. The Morgan fingerprint density at radius 2 is 2.00 bits per heavy atom. The first-order chi connectivity index (χ1) is 11.8. The quantitative estimate of drug-likeness (QED) is 0.753. The lowest BCUT2D eigenvalue weighted by Gasteiger charge is -2.01. The first-order valence-corrected chi connectivity index (χ1v) is 8.30. The molecule has 0 saturated heterocycles. The monoisotopic (exact) mass is 334 g/mol. The molecule has 0 amide bonds. The van der Waals surface area contributed by atoms with Crippen molar-refractivity contribution in [3.05, 3.63) is 64.7 Å². The van der Waals surface area contributed by atoms with Crippen molar-refractivity contribution in [3.8, 4) is 5.88 Å². The van der Waals surface area contributed by atoms with Crippen LogP contribution in [0.2, 0.25) is 0 Å². The molecule has 0 aliphatic carbocycles. The summed E-state index contributed by atoms with van der Waals surface area (Å²) >= 11 is 1.41. The Hall–Kier alpha value is -2.99. The third-order valence-electron chi connectivity index (χ3n) is 3.63. The molecular formula is C18H14N4OS. The van der Waals surface area contributed by atoms with E-state index in [-0.39, 0.29) is 5.88 Å². The molecule has 1 aliphatic rings. The molecule has 2 aromatic heterocycles. The number of thiazole rings is 1. The van der Waals surface area contributed by atoms with Gasteiger partial charge in [0, 0.05) is 30.1 Å². The average molecular weight is 334 g/mol. The number of fused-ring (bicyclic) bond motifs is 1. The number of nitrogens with one attached hydrogen (secondary N) is 1. The number of nitrogens with zero attached hydrogens (tertiary/aromatic N) is 3. The Bertz CT molecular complexity index is 931. The zero-order valence-electron chi connectivity index (χ0n) is 12.7. The van der Waals surface area contributed by atoms with Gasteiger partial charge < -0.3 is 10.4 Å². The smallest absolute Gasteiger partial charge is 0.231 e. The molecule has 3 aromatic rings. The van der Waals surface area contributed by atoms with Crippen molar-refractivity contribution in [1.29, 1.82) is 0 Å². The molecule has 118 valence electrons. The van der Waals surface area contributed by atoms with Gasteiger partial charge in [-0.3, -0.25) is 0 Å². The number of aliphatic imine (C=N–C) groups is 1. The molecule has 4 rings (SSSR count). The predicted octanol–water partition coefficient (Wildman–Crippen LogP) is 4.11. The van der Waals surface area contributed by atoms with Crippen LogP contribution < -0.4 is 5.32 Å². The van der Waals surface area contributed by atoms with Gasteiger partial charge >= 0.3 is 0 Å². The van der Waals surface area contributed by atoms with E-state index in [0.717, 1.165) is 16.7 Å². The van der Waals surface area contributed by atoms with Crippen LogP contribution in [0, 0.1) is 0 Å². The van der Waals surface area contributed by atoms with Gasteiger partial charge in [-0.2, -0.15) is 4.98 Å². The molecule has 1 aliphatic heterocycles. The van der Waals surface area contributed by atoms with Crippen LogP contribution in [0.3, 0.4) is 0 Å². The Morgan fingerprint density at radius 3 is 2.88 bits per heavy atom. The van der Waals surface area contributed by atoms with Crippen molar-refractivity contribution < 1.29 is 5.11 Å². The summed E-state index contributed by atoms with van der Waals surface area (Å²) in [5.74, 6) is 0.726. The van der Waals surface area contributed by atoms with E-state index in [1.54, 1.807) is 12.4 Å². The number of pyridine rings is 1. The molecule has 2 N–H and O–H groups in total. The van der Waals surface area contributed by atoms with Crippen LogP contribution >= 0.6 is 11.3 Å². The minimum Gasteiger partial charge on any atom is -0.492 e.